The third kappa shape index (κ3) is 6.09. The molecule has 0 aliphatic rings. The second-order valence-corrected chi connectivity index (χ2v) is 6.53. The van der Waals surface area contributed by atoms with Crippen LogP contribution in [0.5, 0.6) is 0 Å². The van der Waals surface area contributed by atoms with Gasteiger partial charge in [0, 0.05) is 31.4 Å². The monoisotopic (exact) mass is 368 g/mol. The lowest BCUT2D eigenvalue weighted by Gasteiger charge is -2.19. The van der Waals surface area contributed by atoms with Gasteiger partial charge >= 0.3 is 0 Å². The molecule has 0 bridgehead atoms. The van der Waals surface area contributed by atoms with E-state index >= 15 is 0 Å². The number of nitrogens with one attached hydrogen (secondary N) is 2. The largest absolute Gasteiger partial charge is 0.357 e. The zero-order valence-corrected chi connectivity index (χ0v) is 16.5. The van der Waals surface area contributed by atoms with E-state index in [1.54, 1.807) is 6.20 Å². The average molecular weight is 368 g/mol. The van der Waals surface area contributed by atoms with Crippen LogP contribution in [0.2, 0.25) is 0 Å². The van der Waals surface area contributed by atoms with Crippen LogP contribution in [0.25, 0.3) is 0 Å². The fourth-order valence-corrected chi connectivity index (χ4v) is 2.89. The van der Waals surface area contributed by atoms with Crippen molar-refractivity contribution in [2.45, 2.75) is 34.2 Å². The second kappa shape index (κ2) is 9.71. The highest BCUT2D eigenvalue weighted by Crippen LogP contribution is 2.11. The first kappa shape index (κ1) is 20.4. The van der Waals surface area contributed by atoms with Gasteiger partial charge in [-0.3, -0.25) is 9.59 Å². The zero-order chi connectivity index (χ0) is 19.8. The molecule has 27 heavy (non-hydrogen) atoms. The van der Waals surface area contributed by atoms with E-state index in [0.717, 1.165) is 35.6 Å². The van der Waals surface area contributed by atoms with Gasteiger partial charge in [-0.1, -0.05) is 23.3 Å². The van der Waals surface area contributed by atoms with Crippen LogP contribution in [-0.4, -0.2) is 36.4 Å². The van der Waals surface area contributed by atoms with Crippen molar-refractivity contribution < 1.29 is 9.59 Å². The van der Waals surface area contributed by atoms with Gasteiger partial charge in [0.25, 0.3) is 5.91 Å². The molecule has 144 valence electrons. The quantitative estimate of drug-likeness (QED) is 0.751. The molecule has 6 heteroatoms. The number of hydrogen-bond acceptors (Lipinski definition) is 4. The Morgan fingerprint density at radius 2 is 1.67 bits per heavy atom. The zero-order valence-electron chi connectivity index (χ0n) is 16.5. The molecule has 1 aromatic carbocycles. The Morgan fingerprint density at radius 1 is 1.00 bits per heavy atom. The number of pyridine rings is 1. The fraction of sp³-hybridized carbons (Fsp3) is 0.381. The number of hydrogen-bond donors (Lipinski definition) is 2. The van der Waals surface area contributed by atoms with E-state index in [1.165, 1.54) is 0 Å². The molecular formula is C21H28N4O2. The number of nitrogens with zero attached hydrogens (tertiary/aromatic N) is 2. The van der Waals surface area contributed by atoms with Crippen molar-refractivity contribution in [3.63, 3.8) is 0 Å². The highest BCUT2D eigenvalue weighted by molar-refractivity contribution is 5.96. The molecule has 0 saturated heterocycles. The van der Waals surface area contributed by atoms with Crippen molar-refractivity contribution in [3.8, 4) is 0 Å². The van der Waals surface area contributed by atoms with Gasteiger partial charge in [-0.15, -0.1) is 0 Å². The number of aromatic nitrogens is 1. The van der Waals surface area contributed by atoms with Crippen LogP contribution < -0.4 is 15.5 Å². The summed E-state index contributed by atoms with van der Waals surface area (Å²) in [6, 6.07) is 9.53. The highest BCUT2D eigenvalue weighted by Gasteiger charge is 2.09. The molecule has 1 heterocycles. The van der Waals surface area contributed by atoms with E-state index in [-0.39, 0.29) is 18.4 Å². The Bertz CT molecular complexity index is 763. The van der Waals surface area contributed by atoms with Crippen molar-refractivity contribution in [1.29, 1.82) is 0 Å². The summed E-state index contributed by atoms with van der Waals surface area (Å²) in [5.74, 6) is 0.443. The first-order valence-electron chi connectivity index (χ1n) is 9.26. The van der Waals surface area contributed by atoms with E-state index < -0.39 is 0 Å². The summed E-state index contributed by atoms with van der Waals surface area (Å²) in [4.78, 5) is 30.8. The van der Waals surface area contributed by atoms with Gasteiger partial charge in [0.05, 0.1) is 6.54 Å². The summed E-state index contributed by atoms with van der Waals surface area (Å²) in [6.45, 7) is 10.2. The highest BCUT2D eigenvalue weighted by atomic mass is 16.2. The molecule has 0 saturated carbocycles. The number of carbonyl (C=O) groups is 2. The number of rotatable bonds is 8. The topological polar surface area (TPSA) is 74.3 Å². The lowest BCUT2D eigenvalue weighted by Crippen LogP contribution is -2.36. The Labute approximate surface area is 161 Å². The van der Waals surface area contributed by atoms with Crippen molar-refractivity contribution >= 4 is 17.6 Å². The van der Waals surface area contributed by atoms with Gasteiger partial charge in [0.2, 0.25) is 5.91 Å². The van der Waals surface area contributed by atoms with Gasteiger partial charge in [0.1, 0.15) is 5.82 Å². The molecule has 0 radical (unpaired) electrons. The minimum Gasteiger partial charge on any atom is -0.357 e. The van der Waals surface area contributed by atoms with Crippen molar-refractivity contribution in [2.75, 3.05) is 24.5 Å². The maximum absolute atomic E-state index is 12.2. The predicted octanol–water partition coefficient (Wildman–Crippen LogP) is 2.59. The predicted molar refractivity (Wildman–Crippen MR) is 108 cm³/mol. The lowest BCUT2D eigenvalue weighted by molar-refractivity contribution is -0.120. The minimum absolute atomic E-state index is 0.0587. The molecule has 0 aliphatic carbocycles. The number of carbonyl (C=O) groups excluding carboxylic acids is 2. The molecule has 6 nitrogen and oxygen atoms in total. The average Bonchev–Trinajstić information content (AvgIpc) is 2.65. The molecule has 0 atom stereocenters. The van der Waals surface area contributed by atoms with E-state index in [2.05, 4.69) is 34.4 Å². The van der Waals surface area contributed by atoms with Gasteiger partial charge in [-0.25, -0.2) is 4.98 Å². The summed E-state index contributed by atoms with van der Waals surface area (Å²) in [5.41, 5.74) is 3.52. The first-order valence-corrected chi connectivity index (χ1v) is 9.26. The van der Waals surface area contributed by atoms with Crippen LogP contribution in [-0.2, 0) is 11.3 Å². The molecule has 1 aromatic heterocycles. The third-order valence-corrected chi connectivity index (χ3v) is 4.28. The van der Waals surface area contributed by atoms with Gasteiger partial charge in [-0.05, 0) is 51.5 Å². The third-order valence-electron chi connectivity index (χ3n) is 4.28. The van der Waals surface area contributed by atoms with Crippen LogP contribution in [0, 0.1) is 13.8 Å². The molecular weight excluding hydrogens is 340 g/mol. The standard InChI is InChI=1S/C21H28N4O2/c1-5-25(6-2)19-8-7-17(12-22-19)13-23-20(26)14-24-21(27)18-10-15(3)9-16(4)11-18/h7-12H,5-6,13-14H2,1-4H3,(H,23,26)(H,24,27). The number of aryl methyl sites for hydroxylation is 2. The summed E-state index contributed by atoms with van der Waals surface area (Å²) in [7, 11) is 0. The van der Waals surface area contributed by atoms with Crippen molar-refractivity contribution in [2.24, 2.45) is 0 Å². The van der Waals surface area contributed by atoms with Crippen LogP contribution >= 0.6 is 0 Å². The van der Waals surface area contributed by atoms with E-state index in [0.29, 0.717) is 12.1 Å². The van der Waals surface area contributed by atoms with Gasteiger partial charge in [0.15, 0.2) is 0 Å². The number of amides is 2. The molecule has 0 unspecified atom stereocenters. The maximum atomic E-state index is 12.2. The Kier molecular flexibility index (Phi) is 7.34. The van der Waals surface area contributed by atoms with E-state index in [4.69, 9.17) is 0 Å². The van der Waals surface area contributed by atoms with Gasteiger partial charge in [-0.2, -0.15) is 0 Å². The Morgan fingerprint density at radius 3 is 2.22 bits per heavy atom. The van der Waals surface area contributed by atoms with Crippen LogP contribution in [0.15, 0.2) is 36.5 Å². The summed E-state index contributed by atoms with van der Waals surface area (Å²) >= 11 is 0. The van der Waals surface area contributed by atoms with Crippen molar-refractivity contribution in [1.82, 2.24) is 15.6 Å². The molecule has 2 aromatic rings. The first-order chi connectivity index (χ1) is 12.9. The lowest BCUT2D eigenvalue weighted by atomic mass is 10.1. The molecule has 2 N–H and O–H groups in total. The summed E-state index contributed by atoms with van der Waals surface area (Å²) in [6.07, 6.45) is 1.77. The number of benzene rings is 1. The normalized spacial score (nSPS) is 10.4. The maximum Gasteiger partial charge on any atom is 0.251 e. The van der Waals surface area contributed by atoms with Gasteiger partial charge < -0.3 is 15.5 Å². The van der Waals surface area contributed by atoms with Crippen molar-refractivity contribution in [3.05, 3.63) is 58.8 Å². The minimum atomic E-state index is -0.248. The fourth-order valence-electron chi connectivity index (χ4n) is 2.89. The molecule has 2 amide bonds. The molecule has 2 rings (SSSR count). The van der Waals surface area contributed by atoms with Crippen LogP contribution in [0.1, 0.15) is 40.9 Å². The summed E-state index contributed by atoms with van der Waals surface area (Å²) < 4.78 is 0. The second-order valence-electron chi connectivity index (χ2n) is 6.53. The van der Waals surface area contributed by atoms with E-state index in [9.17, 15) is 9.59 Å². The molecule has 0 fully saturated rings. The van der Waals surface area contributed by atoms with Crippen LogP contribution in [0.3, 0.4) is 0 Å². The van der Waals surface area contributed by atoms with Crippen LogP contribution in [0.4, 0.5) is 5.82 Å². The summed E-state index contributed by atoms with van der Waals surface area (Å²) in [5, 5.41) is 5.45. The smallest absolute Gasteiger partial charge is 0.251 e. The van der Waals surface area contributed by atoms with E-state index in [1.807, 2.05) is 44.2 Å². The molecule has 0 spiro atoms. The SMILES string of the molecule is CCN(CC)c1ccc(CNC(=O)CNC(=O)c2cc(C)cc(C)c2)cn1. The Hall–Kier alpha value is -2.89. The molecule has 0 aliphatic heterocycles. The Balaban J connectivity index is 1.81. The number of anilines is 1.